The number of hydrogen-bond donors (Lipinski definition) is 2. The molecule has 4 rings (SSSR count). The molecule has 0 spiro atoms. The molecule has 0 radical (unpaired) electrons. The molecule has 0 saturated heterocycles. The van der Waals surface area contributed by atoms with E-state index < -0.39 is 6.04 Å². The monoisotopic (exact) mass is 380 g/mol. The quantitative estimate of drug-likeness (QED) is 0.521. The molecule has 0 aliphatic heterocycles. The van der Waals surface area contributed by atoms with Gasteiger partial charge in [0.2, 0.25) is 5.89 Å². The van der Waals surface area contributed by atoms with Crippen molar-refractivity contribution in [2.75, 3.05) is 26.1 Å². The molecule has 0 aliphatic rings. The van der Waals surface area contributed by atoms with Crippen LogP contribution in [0.25, 0.3) is 33.7 Å². The lowest BCUT2D eigenvalue weighted by atomic mass is 10.0. The van der Waals surface area contributed by atoms with Crippen LogP contribution in [-0.2, 0) is 16.6 Å². The number of imidazole rings is 1. The molecule has 3 aromatic heterocycles. The summed E-state index contributed by atoms with van der Waals surface area (Å²) in [6.45, 7) is -0.0382. The van der Waals surface area contributed by atoms with E-state index in [9.17, 15) is 4.79 Å². The van der Waals surface area contributed by atoms with Gasteiger partial charge in [0.25, 0.3) is 5.71 Å². The van der Waals surface area contributed by atoms with Crippen LogP contribution in [-0.4, -0.2) is 46.1 Å². The highest BCUT2D eigenvalue weighted by atomic mass is 16.5. The molecular formula is C19H20N6O3. The number of carbonyl (C=O) groups is 1. The molecule has 0 aliphatic carbocycles. The number of benzene rings is 1. The number of pyridine rings is 1. The molecule has 0 saturated carbocycles. The number of aromatic nitrogens is 4. The van der Waals surface area contributed by atoms with E-state index in [0.717, 1.165) is 11.0 Å². The first-order chi connectivity index (χ1) is 13.5. The van der Waals surface area contributed by atoms with Crippen LogP contribution < -0.4 is 11.1 Å². The van der Waals surface area contributed by atoms with Crippen LogP contribution in [0.3, 0.4) is 0 Å². The number of hydrogen-bond acceptors (Lipinski definition) is 8. The Kier molecular flexibility index (Phi) is 4.54. The minimum atomic E-state index is -0.776. The predicted octanol–water partition coefficient (Wildman–Crippen LogP) is 2.03. The molecule has 9 nitrogen and oxygen atoms in total. The Hall–Kier alpha value is -3.30. The lowest BCUT2D eigenvalue weighted by molar-refractivity contribution is -0.124. The van der Waals surface area contributed by atoms with Gasteiger partial charge in [-0.1, -0.05) is 12.1 Å². The molecule has 144 valence electrons. The third-order valence-corrected chi connectivity index (χ3v) is 4.57. The van der Waals surface area contributed by atoms with Gasteiger partial charge in [-0.2, -0.15) is 4.98 Å². The van der Waals surface area contributed by atoms with Crippen molar-refractivity contribution in [3.63, 3.8) is 0 Å². The third kappa shape index (κ3) is 2.90. The van der Waals surface area contributed by atoms with Gasteiger partial charge in [-0.05, 0) is 17.7 Å². The van der Waals surface area contributed by atoms with Crippen LogP contribution in [0.5, 0.6) is 0 Å². The zero-order valence-electron chi connectivity index (χ0n) is 15.8. The average Bonchev–Trinajstić information content (AvgIpc) is 3.30. The molecule has 1 aromatic carbocycles. The number of nitrogens with one attached hydrogen (secondary N) is 1. The minimum Gasteiger partial charge on any atom is -0.418 e. The van der Waals surface area contributed by atoms with Crippen molar-refractivity contribution < 1.29 is 13.9 Å². The summed E-state index contributed by atoms with van der Waals surface area (Å²) in [5.41, 5.74) is 9.99. The SMILES string of the molecule is CNc1nc2oc(-c3cccc(C(N)C(=O)COC)c3)nc2c2c1ncn2C. The normalized spacial score (nSPS) is 12.6. The fraction of sp³-hybridized carbons (Fsp3) is 0.263. The summed E-state index contributed by atoms with van der Waals surface area (Å²) in [5.74, 6) is 0.812. The van der Waals surface area contributed by atoms with Gasteiger partial charge in [0.15, 0.2) is 17.1 Å². The van der Waals surface area contributed by atoms with Crippen molar-refractivity contribution in [3.8, 4) is 11.5 Å². The number of aryl methyl sites for hydroxylation is 1. The topological polar surface area (TPSA) is 121 Å². The smallest absolute Gasteiger partial charge is 0.251 e. The second-order valence-corrected chi connectivity index (χ2v) is 6.44. The van der Waals surface area contributed by atoms with Gasteiger partial charge in [0, 0.05) is 26.8 Å². The largest absolute Gasteiger partial charge is 0.418 e. The van der Waals surface area contributed by atoms with E-state index in [1.54, 1.807) is 25.5 Å². The summed E-state index contributed by atoms with van der Waals surface area (Å²) in [4.78, 5) is 25.5. The number of rotatable bonds is 6. The van der Waals surface area contributed by atoms with Crippen molar-refractivity contribution in [1.29, 1.82) is 0 Å². The first-order valence-electron chi connectivity index (χ1n) is 8.70. The molecule has 0 bridgehead atoms. The Bertz CT molecular complexity index is 1180. The summed E-state index contributed by atoms with van der Waals surface area (Å²) < 4.78 is 12.7. The van der Waals surface area contributed by atoms with E-state index in [1.807, 2.05) is 23.7 Å². The van der Waals surface area contributed by atoms with Gasteiger partial charge in [-0.15, -0.1) is 0 Å². The van der Waals surface area contributed by atoms with E-state index in [4.69, 9.17) is 14.9 Å². The second-order valence-electron chi connectivity index (χ2n) is 6.44. The summed E-state index contributed by atoms with van der Waals surface area (Å²) in [7, 11) is 5.13. The number of carbonyl (C=O) groups excluding carboxylic acids is 1. The molecule has 28 heavy (non-hydrogen) atoms. The molecular weight excluding hydrogens is 360 g/mol. The van der Waals surface area contributed by atoms with Crippen LogP contribution in [0.2, 0.25) is 0 Å². The Morgan fingerprint density at radius 2 is 2.18 bits per heavy atom. The van der Waals surface area contributed by atoms with Gasteiger partial charge >= 0.3 is 0 Å². The zero-order chi connectivity index (χ0) is 19.8. The summed E-state index contributed by atoms with van der Waals surface area (Å²) >= 11 is 0. The maximum Gasteiger partial charge on any atom is 0.251 e. The maximum absolute atomic E-state index is 12.0. The fourth-order valence-corrected chi connectivity index (χ4v) is 3.16. The highest BCUT2D eigenvalue weighted by Crippen LogP contribution is 2.31. The van der Waals surface area contributed by atoms with E-state index in [-0.39, 0.29) is 12.4 Å². The first-order valence-corrected chi connectivity index (χ1v) is 8.70. The van der Waals surface area contributed by atoms with E-state index in [0.29, 0.717) is 34.1 Å². The van der Waals surface area contributed by atoms with Crippen LogP contribution in [0.4, 0.5) is 5.82 Å². The lowest BCUT2D eigenvalue weighted by Gasteiger charge is -2.11. The average molecular weight is 380 g/mol. The molecule has 1 unspecified atom stereocenters. The zero-order valence-corrected chi connectivity index (χ0v) is 15.8. The lowest BCUT2D eigenvalue weighted by Crippen LogP contribution is -2.24. The highest BCUT2D eigenvalue weighted by molar-refractivity contribution is 6.03. The van der Waals surface area contributed by atoms with E-state index >= 15 is 0 Å². The Labute approximate surface area is 160 Å². The number of methoxy groups -OCH3 is 1. The predicted molar refractivity (Wildman–Crippen MR) is 105 cm³/mol. The van der Waals surface area contributed by atoms with E-state index in [2.05, 4.69) is 20.3 Å². The van der Waals surface area contributed by atoms with Gasteiger partial charge in [0.05, 0.1) is 12.4 Å². The molecule has 3 N–H and O–H groups in total. The molecule has 1 atom stereocenters. The number of ketones is 1. The number of anilines is 1. The number of Topliss-reactive ketones (excluding diaryl/α,β-unsaturated/α-hetero) is 1. The first kappa shape index (κ1) is 18.1. The molecule has 0 amide bonds. The number of nitrogens with zero attached hydrogens (tertiary/aromatic N) is 4. The van der Waals surface area contributed by atoms with Crippen LogP contribution in [0, 0.1) is 0 Å². The number of fused-ring (bicyclic) bond motifs is 3. The number of ether oxygens (including phenoxy) is 1. The Morgan fingerprint density at radius 1 is 1.36 bits per heavy atom. The number of nitrogens with two attached hydrogens (primary N) is 1. The standard InChI is InChI=1S/C19H20N6O3/c1-21-17-14-16(25(2)9-22-14)15-19(24-17)28-18(23-15)11-6-4-5-10(7-11)13(20)12(26)8-27-3/h4-7,9,13H,8,20H2,1-3H3,(H,21,24). The van der Waals surface area contributed by atoms with Gasteiger partial charge in [-0.25, -0.2) is 9.97 Å². The molecule has 0 fully saturated rings. The number of oxazole rings is 1. The van der Waals surface area contributed by atoms with Gasteiger partial charge < -0.3 is 24.8 Å². The minimum absolute atomic E-state index is 0.0382. The summed E-state index contributed by atoms with van der Waals surface area (Å²) in [6, 6.07) is 6.47. The molecule has 3 heterocycles. The summed E-state index contributed by atoms with van der Waals surface area (Å²) in [5, 5.41) is 3.03. The van der Waals surface area contributed by atoms with Crippen molar-refractivity contribution in [3.05, 3.63) is 36.2 Å². The Balaban J connectivity index is 1.82. The van der Waals surface area contributed by atoms with Crippen molar-refractivity contribution >= 4 is 33.9 Å². The van der Waals surface area contributed by atoms with Crippen LogP contribution in [0.1, 0.15) is 11.6 Å². The fourth-order valence-electron chi connectivity index (χ4n) is 3.16. The van der Waals surface area contributed by atoms with Gasteiger partial charge in [-0.3, -0.25) is 4.79 Å². The van der Waals surface area contributed by atoms with Crippen molar-refractivity contribution in [1.82, 2.24) is 19.5 Å². The highest BCUT2D eigenvalue weighted by Gasteiger charge is 2.20. The Morgan fingerprint density at radius 3 is 2.93 bits per heavy atom. The van der Waals surface area contributed by atoms with Gasteiger partial charge in [0.1, 0.15) is 17.6 Å². The van der Waals surface area contributed by atoms with Crippen molar-refractivity contribution in [2.45, 2.75) is 6.04 Å². The van der Waals surface area contributed by atoms with Crippen LogP contribution >= 0.6 is 0 Å². The van der Waals surface area contributed by atoms with E-state index in [1.165, 1.54) is 7.11 Å². The third-order valence-electron chi connectivity index (χ3n) is 4.57. The maximum atomic E-state index is 12.0. The molecule has 9 heteroatoms. The summed E-state index contributed by atoms with van der Waals surface area (Å²) in [6.07, 6.45) is 1.71. The second kappa shape index (κ2) is 7.02. The van der Waals surface area contributed by atoms with Crippen molar-refractivity contribution in [2.24, 2.45) is 12.8 Å². The van der Waals surface area contributed by atoms with Crippen LogP contribution in [0.15, 0.2) is 35.0 Å². The molecule has 4 aromatic rings.